The summed E-state index contributed by atoms with van der Waals surface area (Å²) < 4.78 is 29.0. The molecular weight excluding hydrogens is 350 g/mol. The van der Waals surface area contributed by atoms with Gasteiger partial charge in [0.05, 0.1) is 5.69 Å². The van der Waals surface area contributed by atoms with Gasteiger partial charge in [-0.1, -0.05) is 35.9 Å². The van der Waals surface area contributed by atoms with E-state index in [1.165, 1.54) is 12.1 Å². The second kappa shape index (κ2) is 7.44. The van der Waals surface area contributed by atoms with Crippen LogP contribution in [-0.4, -0.2) is 16.8 Å². The number of ether oxygens (including phenoxy) is 1. The summed E-state index contributed by atoms with van der Waals surface area (Å²) in [6.07, 6.45) is 0.263. The second-order valence-corrected chi connectivity index (χ2v) is 5.75. The number of H-pyrrole nitrogens is 1. The number of hydrogen-bond acceptors (Lipinski definition) is 3. The first-order chi connectivity index (χ1) is 12.0. The maximum Gasteiger partial charge on any atom is 0.387 e. The number of nitrogens with zero attached hydrogens (tertiary/aromatic N) is 1. The van der Waals surface area contributed by atoms with Gasteiger partial charge < -0.3 is 4.74 Å². The standard InChI is InChI=1S/C18H13ClF2N2O2/c19-14-6-4-12(5-7-14)16-10-13(17(24)23-22-16)8-11-2-1-3-15(9-11)25-18(20)21/h1-7,9-10,18H,8H2,(H,23,24). The Morgan fingerprint density at radius 3 is 2.60 bits per heavy atom. The van der Waals surface area contributed by atoms with E-state index in [-0.39, 0.29) is 17.7 Å². The van der Waals surface area contributed by atoms with Crippen molar-refractivity contribution in [2.75, 3.05) is 0 Å². The molecular formula is C18H13ClF2N2O2. The minimum Gasteiger partial charge on any atom is -0.435 e. The van der Waals surface area contributed by atoms with Crippen LogP contribution in [0.3, 0.4) is 0 Å². The molecule has 0 aliphatic rings. The molecule has 0 unspecified atom stereocenters. The molecule has 0 atom stereocenters. The van der Waals surface area contributed by atoms with Crippen LogP contribution in [0.25, 0.3) is 11.3 Å². The number of aromatic amines is 1. The normalized spacial score (nSPS) is 10.9. The Bertz CT molecular complexity index is 927. The Hall–Kier alpha value is -2.73. The lowest BCUT2D eigenvalue weighted by Gasteiger charge is -2.07. The van der Waals surface area contributed by atoms with E-state index < -0.39 is 6.61 Å². The fourth-order valence-electron chi connectivity index (χ4n) is 2.40. The molecule has 4 nitrogen and oxygen atoms in total. The maximum absolute atomic E-state index is 12.3. The third kappa shape index (κ3) is 4.42. The van der Waals surface area contributed by atoms with E-state index >= 15 is 0 Å². The Morgan fingerprint density at radius 2 is 1.88 bits per heavy atom. The zero-order valence-corrected chi connectivity index (χ0v) is 13.6. The minimum atomic E-state index is -2.89. The Morgan fingerprint density at radius 1 is 1.12 bits per heavy atom. The van der Waals surface area contributed by atoms with Gasteiger partial charge in [-0.3, -0.25) is 4.79 Å². The average Bonchev–Trinajstić information content (AvgIpc) is 2.57. The first-order valence-electron chi connectivity index (χ1n) is 7.39. The van der Waals surface area contributed by atoms with Crippen molar-refractivity contribution in [3.8, 4) is 17.0 Å². The number of hydrogen-bond donors (Lipinski definition) is 1. The number of halogens is 3. The van der Waals surface area contributed by atoms with Gasteiger partial charge in [0.25, 0.3) is 5.56 Å². The highest BCUT2D eigenvalue weighted by Gasteiger charge is 2.09. The van der Waals surface area contributed by atoms with Crippen LogP contribution in [-0.2, 0) is 6.42 Å². The summed E-state index contributed by atoms with van der Waals surface area (Å²) >= 11 is 5.87. The van der Waals surface area contributed by atoms with Crippen molar-refractivity contribution >= 4 is 11.6 Å². The molecule has 0 saturated carbocycles. The first-order valence-corrected chi connectivity index (χ1v) is 7.77. The van der Waals surface area contributed by atoms with E-state index in [2.05, 4.69) is 14.9 Å². The second-order valence-electron chi connectivity index (χ2n) is 5.32. The molecule has 1 aromatic heterocycles. The molecule has 3 rings (SSSR count). The summed E-state index contributed by atoms with van der Waals surface area (Å²) in [5.41, 5.74) is 2.20. The summed E-state index contributed by atoms with van der Waals surface area (Å²) in [6, 6.07) is 15.0. The minimum absolute atomic E-state index is 0.0518. The molecule has 1 N–H and O–H groups in total. The van der Waals surface area contributed by atoms with Crippen molar-refractivity contribution in [1.82, 2.24) is 10.2 Å². The van der Waals surface area contributed by atoms with Gasteiger partial charge in [-0.2, -0.15) is 13.9 Å². The largest absolute Gasteiger partial charge is 0.435 e. The van der Waals surface area contributed by atoms with Crippen LogP contribution in [0.15, 0.2) is 59.4 Å². The van der Waals surface area contributed by atoms with Crippen LogP contribution in [0.5, 0.6) is 5.75 Å². The summed E-state index contributed by atoms with van der Waals surface area (Å²) in [7, 11) is 0. The number of nitrogens with one attached hydrogen (secondary N) is 1. The Labute approximate surface area is 147 Å². The predicted octanol–water partition coefficient (Wildman–Crippen LogP) is 4.28. The van der Waals surface area contributed by atoms with Gasteiger partial charge in [0.1, 0.15) is 5.75 Å². The summed E-state index contributed by atoms with van der Waals surface area (Å²) in [6.45, 7) is -2.89. The van der Waals surface area contributed by atoms with Gasteiger partial charge >= 0.3 is 6.61 Å². The topological polar surface area (TPSA) is 55.0 Å². The Balaban J connectivity index is 1.89. The monoisotopic (exact) mass is 362 g/mol. The highest BCUT2D eigenvalue weighted by Crippen LogP contribution is 2.21. The third-order valence-electron chi connectivity index (χ3n) is 3.54. The highest BCUT2D eigenvalue weighted by molar-refractivity contribution is 6.30. The summed E-state index contributed by atoms with van der Waals surface area (Å²) in [5, 5.41) is 7.09. The van der Waals surface area contributed by atoms with E-state index in [0.717, 1.165) is 5.56 Å². The van der Waals surface area contributed by atoms with Gasteiger partial charge in [0.2, 0.25) is 0 Å². The molecule has 25 heavy (non-hydrogen) atoms. The molecule has 7 heteroatoms. The molecule has 1 heterocycles. The van der Waals surface area contributed by atoms with Crippen molar-refractivity contribution < 1.29 is 13.5 Å². The first kappa shape index (κ1) is 17.1. The number of rotatable bonds is 5. The zero-order valence-electron chi connectivity index (χ0n) is 12.9. The lowest BCUT2D eigenvalue weighted by molar-refractivity contribution is -0.0498. The van der Waals surface area contributed by atoms with Gasteiger partial charge in [0, 0.05) is 22.6 Å². The molecule has 2 aromatic carbocycles. The number of benzene rings is 2. The van der Waals surface area contributed by atoms with Crippen LogP contribution in [0.4, 0.5) is 8.78 Å². The Kier molecular flexibility index (Phi) is 5.09. The van der Waals surface area contributed by atoms with E-state index in [0.29, 0.717) is 21.8 Å². The molecule has 128 valence electrons. The van der Waals surface area contributed by atoms with E-state index in [1.54, 1.807) is 42.5 Å². The van der Waals surface area contributed by atoms with Gasteiger partial charge in [-0.05, 0) is 35.9 Å². The summed E-state index contributed by atoms with van der Waals surface area (Å²) in [5.74, 6) is 0.0518. The van der Waals surface area contributed by atoms with Crippen LogP contribution < -0.4 is 10.3 Å². The maximum atomic E-state index is 12.3. The molecule has 0 amide bonds. The molecule has 0 aliphatic carbocycles. The number of alkyl halides is 2. The lowest BCUT2D eigenvalue weighted by Crippen LogP contribution is -2.15. The van der Waals surface area contributed by atoms with Gasteiger partial charge in [-0.15, -0.1) is 0 Å². The van der Waals surface area contributed by atoms with Crippen molar-refractivity contribution in [3.05, 3.63) is 81.1 Å². The molecule has 3 aromatic rings. The van der Waals surface area contributed by atoms with Crippen LogP contribution >= 0.6 is 11.6 Å². The predicted molar refractivity (Wildman–Crippen MR) is 91.2 cm³/mol. The molecule has 0 radical (unpaired) electrons. The van der Waals surface area contributed by atoms with Crippen LogP contribution in [0.2, 0.25) is 5.02 Å². The molecule has 0 saturated heterocycles. The van der Waals surface area contributed by atoms with E-state index in [1.807, 2.05) is 0 Å². The number of aromatic nitrogens is 2. The van der Waals surface area contributed by atoms with Gasteiger partial charge in [-0.25, -0.2) is 5.10 Å². The van der Waals surface area contributed by atoms with Crippen molar-refractivity contribution in [2.45, 2.75) is 13.0 Å². The average molecular weight is 363 g/mol. The third-order valence-corrected chi connectivity index (χ3v) is 3.79. The van der Waals surface area contributed by atoms with Crippen LogP contribution in [0, 0.1) is 0 Å². The highest BCUT2D eigenvalue weighted by atomic mass is 35.5. The SMILES string of the molecule is O=c1[nH]nc(-c2ccc(Cl)cc2)cc1Cc1cccc(OC(F)F)c1. The fraction of sp³-hybridized carbons (Fsp3) is 0.111. The fourth-order valence-corrected chi connectivity index (χ4v) is 2.52. The molecule has 0 bridgehead atoms. The van der Waals surface area contributed by atoms with Crippen molar-refractivity contribution in [1.29, 1.82) is 0 Å². The molecule has 0 aliphatic heterocycles. The van der Waals surface area contributed by atoms with Crippen molar-refractivity contribution in [3.63, 3.8) is 0 Å². The van der Waals surface area contributed by atoms with E-state index in [4.69, 9.17) is 11.6 Å². The van der Waals surface area contributed by atoms with Crippen molar-refractivity contribution in [2.24, 2.45) is 0 Å². The van der Waals surface area contributed by atoms with Crippen LogP contribution in [0.1, 0.15) is 11.1 Å². The zero-order chi connectivity index (χ0) is 17.8. The smallest absolute Gasteiger partial charge is 0.387 e. The van der Waals surface area contributed by atoms with E-state index in [9.17, 15) is 13.6 Å². The molecule has 0 spiro atoms. The summed E-state index contributed by atoms with van der Waals surface area (Å²) in [4.78, 5) is 12.0. The molecule has 0 fully saturated rings. The lowest BCUT2D eigenvalue weighted by atomic mass is 10.0. The quantitative estimate of drug-likeness (QED) is 0.737. The van der Waals surface area contributed by atoms with Gasteiger partial charge in [0.15, 0.2) is 0 Å².